The Kier molecular flexibility index (Phi) is 4.51. The van der Waals surface area contributed by atoms with Gasteiger partial charge in [0.25, 0.3) is 0 Å². The molecule has 0 radical (unpaired) electrons. The Labute approximate surface area is 162 Å². The highest BCUT2D eigenvalue weighted by molar-refractivity contribution is 5.80. The molecule has 3 heterocycles. The Hall–Kier alpha value is -1.40. The van der Waals surface area contributed by atoms with Gasteiger partial charge in [0.15, 0.2) is 0 Å². The van der Waals surface area contributed by atoms with Crippen molar-refractivity contribution < 1.29 is 4.79 Å². The number of nitrogens with zero attached hydrogens (tertiary/aromatic N) is 3. The van der Waals surface area contributed by atoms with Crippen LogP contribution in [0.4, 0.5) is 0 Å². The van der Waals surface area contributed by atoms with Crippen LogP contribution < -0.4 is 10.9 Å². The van der Waals surface area contributed by atoms with Crippen molar-refractivity contribution in [3.63, 3.8) is 0 Å². The number of nitrogens with one attached hydrogen (secondary N) is 2. The fraction of sp³-hybridized carbons (Fsp3) is 0.810. The van der Waals surface area contributed by atoms with Crippen molar-refractivity contribution >= 4 is 12.1 Å². The standard InChI is InChI=1S/C21H33N5O/c1-13(2)25-11-8-15(9-12-25)26-21(27)17-4-3-14-7-10-22-23-20(14)16-5-6-18(24-26)19(16)17/h7,10,13,15-20,23-24H,3-6,8-9,11-12H2,1-2H3. The molecule has 148 valence electrons. The number of amides is 1. The van der Waals surface area contributed by atoms with Gasteiger partial charge in [0, 0.05) is 37.3 Å². The summed E-state index contributed by atoms with van der Waals surface area (Å²) in [5.41, 5.74) is 8.53. The van der Waals surface area contributed by atoms with Gasteiger partial charge in [-0.05, 0) is 75.9 Å². The van der Waals surface area contributed by atoms with Gasteiger partial charge < -0.3 is 10.3 Å². The minimum atomic E-state index is 0.181. The molecule has 2 N–H and O–H groups in total. The summed E-state index contributed by atoms with van der Waals surface area (Å²) >= 11 is 0. The van der Waals surface area contributed by atoms with E-state index in [4.69, 9.17) is 0 Å². The molecule has 0 aromatic rings. The number of hydrazone groups is 1. The lowest BCUT2D eigenvalue weighted by atomic mass is 9.77. The number of hydrogen-bond donors (Lipinski definition) is 2. The average molecular weight is 372 g/mol. The van der Waals surface area contributed by atoms with Crippen LogP contribution in [0.2, 0.25) is 0 Å². The molecule has 3 aliphatic heterocycles. The third kappa shape index (κ3) is 2.92. The van der Waals surface area contributed by atoms with E-state index in [2.05, 4.69) is 45.8 Å². The zero-order valence-corrected chi connectivity index (χ0v) is 16.6. The van der Waals surface area contributed by atoms with Gasteiger partial charge in [-0.3, -0.25) is 9.80 Å². The number of hydrogen-bond acceptors (Lipinski definition) is 5. The van der Waals surface area contributed by atoms with Crippen LogP contribution in [0.25, 0.3) is 0 Å². The summed E-state index contributed by atoms with van der Waals surface area (Å²) in [6.07, 6.45) is 10.6. The lowest BCUT2D eigenvalue weighted by Gasteiger charge is -2.48. The second-order valence-corrected chi connectivity index (χ2v) is 9.39. The molecule has 4 fully saturated rings. The van der Waals surface area contributed by atoms with Crippen molar-refractivity contribution in [3.8, 4) is 0 Å². The summed E-state index contributed by atoms with van der Waals surface area (Å²) in [5, 5.41) is 6.40. The van der Waals surface area contributed by atoms with Crippen LogP contribution in [0, 0.1) is 17.8 Å². The zero-order chi connectivity index (χ0) is 18.5. The Morgan fingerprint density at radius 3 is 2.74 bits per heavy atom. The molecule has 2 saturated carbocycles. The van der Waals surface area contributed by atoms with Crippen LogP contribution >= 0.6 is 0 Å². The largest absolute Gasteiger partial charge is 0.303 e. The first-order chi connectivity index (χ1) is 13.1. The van der Waals surface area contributed by atoms with E-state index in [1.54, 1.807) is 0 Å². The predicted octanol–water partition coefficient (Wildman–Crippen LogP) is 1.89. The van der Waals surface area contributed by atoms with Gasteiger partial charge >= 0.3 is 0 Å². The third-order valence-electron chi connectivity index (χ3n) is 7.84. The summed E-state index contributed by atoms with van der Waals surface area (Å²) in [6.45, 7) is 6.74. The molecule has 0 aromatic heterocycles. The summed E-state index contributed by atoms with van der Waals surface area (Å²) < 4.78 is 0. The van der Waals surface area contributed by atoms with Gasteiger partial charge in [-0.15, -0.1) is 0 Å². The fourth-order valence-electron chi connectivity index (χ4n) is 6.40. The molecule has 6 heteroatoms. The van der Waals surface area contributed by atoms with Crippen molar-refractivity contribution in [1.82, 2.24) is 20.8 Å². The number of rotatable bonds is 2. The topological polar surface area (TPSA) is 60.0 Å². The highest BCUT2D eigenvalue weighted by Gasteiger charge is 2.54. The quantitative estimate of drug-likeness (QED) is 0.778. The number of carbonyl (C=O) groups excluding carboxylic acids is 1. The SMILES string of the molecule is CC(C)N1CCC(N2NC3CCC4C5NN=CC=C5CCC(C2=O)C34)CC1. The van der Waals surface area contributed by atoms with Crippen LogP contribution in [-0.2, 0) is 4.79 Å². The summed E-state index contributed by atoms with van der Waals surface area (Å²) in [6, 6.07) is 1.75. The van der Waals surface area contributed by atoms with E-state index in [-0.39, 0.29) is 5.92 Å². The lowest BCUT2D eigenvalue weighted by molar-refractivity contribution is -0.154. The number of piperidine rings is 1. The predicted molar refractivity (Wildman–Crippen MR) is 106 cm³/mol. The number of fused-ring (bicyclic) bond motifs is 2. The van der Waals surface area contributed by atoms with Crippen molar-refractivity contribution in [2.75, 3.05) is 13.1 Å². The molecule has 5 rings (SSSR count). The Balaban J connectivity index is 1.35. The second-order valence-electron chi connectivity index (χ2n) is 9.39. The molecule has 0 bridgehead atoms. The molecule has 2 aliphatic carbocycles. The first-order valence-corrected chi connectivity index (χ1v) is 10.9. The molecule has 0 aromatic carbocycles. The van der Waals surface area contributed by atoms with E-state index in [0.29, 0.717) is 41.9 Å². The van der Waals surface area contributed by atoms with Crippen LogP contribution in [0.3, 0.4) is 0 Å². The first kappa shape index (κ1) is 17.7. The van der Waals surface area contributed by atoms with E-state index < -0.39 is 0 Å². The van der Waals surface area contributed by atoms with Gasteiger partial charge in [0.2, 0.25) is 5.91 Å². The molecule has 27 heavy (non-hydrogen) atoms. The molecule has 2 saturated heterocycles. The fourth-order valence-corrected chi connectivity index (χ4v) is 6.40. The molecule has 5 aliphatic rings. The van der Waals surface area contributed by atoms with E-state index in [1.807, 2.05) is 6.21 Å². The Morgan fingerprint density at radius 1 is 1.15 bits per heavy atom. The minimum absolute atomic E-state index is 0.181. The maximum Gasteiger partial charge on any atom is 0.240 e. The smallest absolute Gasteiger partial charge is 0.240 e. The number of allylic oxidation sites excluding steroid dienone is 1. The Bertz CT molecular complexity index is 651. The molecular weight excluding hydrogens is 338 g/mol. The van der Waals surface area contributed by atoms with Gasteiger partial charge in [-0.25, -0.2) is 5.43 Å². The van der Waals surface area contributed by atoms with E-state index in [0.717, 1.165) is 38.8 Å². The maximum atomic E-state index is 13.5. The number of carbonyl (C=O) groups is 1. The average Bonchev–Trinajstić information content (AvgIpc) is 3.02. The van der Waals surface area contributed by atoms with E-state index >= 15 is 0 Å². The highest BCUT2D eigenvalue weighted by atomic mass is 16.2. The van der Waals surface area contributed by atoms with Crippen molar-refractivity contribution in [3.05, 3.63) is 11.6 Å². The minimum Gasteiger partial charge on any atom is -0.303 e. The molecule has 0 spiro atoms. The van der Waals surface area contributed by atoms with Crippen LogP contribution in [-0.4, -0.2) is 59.3 Å². The third-order valence-corrected chi connectivity index (χ3v) is 7.84. The monoisotopic (exact) mass is 371 g/mol. The van der Waals surface area contributed by atoms with Gasteiger partial charge in [0.1, 0.15) is 0 Å². The van der Waals surface area contributed by atoms with Crippen LogP contribution in [0.1, 0.15) is 52.4 Å². The molecule has 5 atom stereocenters. The molecule has 5 unspecified atom stereocenters. The van der Waals surface area contributed by atoms with Crippen molar-refractivity contribution in [2.45, 2.75) is 76.5 Å². The van der Waals surface area contributed by atoms with Gasteiger partial charge in [0.05, 0.1) is 12.1 Å². The second kappa shape index (κ2) is 6.89. The van der Waals surface area contributed by atoms with Crippen LogP contribution in [0.5, 0.6) is 0 Å². The Morgan fingerprint density at radius 2 is 1.96 bits per heavy atom. The normalized spacial score (nSPS) is 39.7. The summed E-state index contributed by atoms with van der Waals surface area (Å²) in [4.78, 5) is 16.1. The van der Waals surface area contributed by atoms with Crippen LogP contribution in [0.15, 0.2) is 16.8 Å². The summed E-state index contributed by atoms with van der Waals surface area (Å²) in [5.74, 6) is 1.54. The number of likely N-dealkylation sites (tertiary alicyclic amines) is 1. The van der Waals surface area contributed by atoms with Gasteiger partial charge in [-0.1, -0.05) is 0 Å². The molecular formula is C21H33N5O. The number of hydrazine groups is 1. The lowest BCUT2D eigenvalue weighted by Crippen LogP contribution is -2.64. The first-order valence-electron chi connectivity index (χ1n) is 10.9. The van der Waals surface area contributed by atoms with Crippen molar-refractivity contribution in [2.24, 2.45) is 22.9 Å². The molecule has 6 nitrogen and oxygen atoms in total. The zero-order valence-electron chi connectivity index (χ0n) is 16.6. The highest BCUT2D eigenvalue weighted by Crippen LogP contribution is 2.49. The van der Waals surface area contributed by atoms with Crippen molar-refractivity contribution in [1.29, 1.82) is 0 Å². The van der Waals surface area contributed by atoms with E-state index in [9.17, 15) is 4.79 Å². The van der Waals surface area contributed by atoms with E-state index in [1.165, 1.54) is 18.4 Å². The maximum absolute atomic E-state index is 13.5. The summed E-state index contributed by atoms with van der Waals surface area (Å²) in [7, 11) is 0. The molecule has 1 amide bonds. The van der Waals surface area contributed by atoms with Gasteiger partial charge in [-0.2, -0.15) is 5.10 Å².